The number of hydrogen-bond donors (Lipinski definition) is 1. The van der Waals surface area contributed by atoms with E-state index in [2.05, 4.69) is 53.5 Å². The molecule has 0 radical (unpaired) electrons. The molecule has 0 saturated carbocycles. The summed E-state index contributed by atoms with van der Waals surface area (Å²) in [5.41, 5.74) is 2.57. The fourth-order valence-electron chi connectivity index (χ4n) is 4.33. The normalized spacial score (nSPS) is 23.3. The summed E-state index contributed by atoms with van der Waals surface area (Å²) in [6, 6.07) is 16.1. The van der Waals surface area contributed by atoms with E-state index in [1.807, 2.05) is 24.3 Å². The Balaban J connectivity index is 1.88. The molecule has 1 atom stereocenters. The zero-order valence-corrected chi connectivity index (χ0v) is 16.0. The highest BCUT2D eigenvalue weighted by Crippen LogP contribution is 2.44. The van der Waals surface area contributed by atoms with Gasteiger partial charge in [-0.05, 0) is 56.3 Å². The molecule has 2 aliphatic rings. The third kappa shape index (κ3) is 2.82. The lowest BCUT2D eigenvalue weighted by Gasteiger charge is -2.47. The molecule has 2 aromatic rings. The Morgan fingerprint density at radius 1 is 1.08 bits per heavy atom. The molecule has 4 rings (SSSR count). The van der Waals surface area contributed by atoms with Crippen molar-refractivity contribution in [3.05, 3.63) is 64.7 Å². The van der Waals surface area contributed by atoms with Crippen LogP contribution in [0.5, 0.6) is 0 Å². The maximum Gasteiger partial charge on any atom is 0.245 e. The first-order chi connectivity index (χ1) is 12.5. The van der Waals surface area contributed by atoms with Crippen molar-refractivity contribution in [2.75, 3.05) is 32.5 Å². The van der Waals surface area contributed by atoms with E-state index in [1.54, 1.807) is 0 Å². The summed E-state index contributed by atoms with van der Waals surface area (Å²) < 4.78 is 0. The van der Waals surface area contributed by atoms with Crippen molar-refractivity contribution in [3.63, 3.8) is 0 Å². The average molecular weight is 370 g/mol. The fourth-order valence-corrected chi connectivity index (χ4v) is 4.52. The van der Waals surface area contributed by atoms with E-state index in [9.17, 15) is 4.79 Å². The summed E-state index contributed by atoms with van der Waals surface area (Å²) >= 11 is 6.33. The molecule has 136 valence electrons. The Morgan fingerprint density at radius 3 is 2.46 bits per heavy atom. The number of anilines is 1. The van der Waals surface area contributed by atoms with Gasteiger partial charge in [0, 0.05) is 23.8 Å². The van der Waals surface area contributed by atoms with E-state index in [-0.39, 0.29) is 11.9 Å². The Morgan fingerprint density at radius 2 is 1.77 bits per heavy atom. The van der Waals surface area contributed by atoms with Gasteiger partial charge in [-0.3, -0.25) is 9.69 Å². The van der Waals surface area contributed by atoms with Crippen molar-refractivity contribution >= 4 is 23.2 Å². The summed E-state index contributed by atoms with van der Waals surface area (Å²) in [6.07, 6.45) is 1.63. The number of rotatable bonds is 1. The highest BCUT2D eigenvalue weighted by molar-refractivity contribution is 6.30. The van der Waals surface area contributed by atoms with Crippen molar-refractivity contribution in [2.24, 2.45) is 0 Å². The molecule has 2 aliphatic heterocycles. The van der Waals surface area contributed by atoms with Crippen molar-refractivity contribution in [3.8, 4) is 0 Å². The molecule has 0 aromatic heterocycles. The van der Waals surface area contributed by atoms with E-state index < -0.39 is 5.54 Å². The second-order valence-corrected chi connectivity index (χ2v) is 7.88. The van der Waals surface area contributed by atoms with E-state index in [1.165, 1.54) is 5.56 Å². The standard InChI is InChI=1S/C21H24ClN3O/c1-24-12-10-21(11-13-24)20(26)23-18-9-8-16(22)14-17(18)19(25(21)2)15-6-4-3-5-7-15/h3-9,14,19H,10-13H2,1-2H3,(H,23,26). The number of carbonyl (C=O) groups excluding carboxylic acids is 1. The van der Waals surface area contributed by atoms with Gasteiger partial charge in [0.2, 0.25) is 5.91 Å². The Labute approximate surface area is 159 Å². The highest BCUT2D eigenvalue weighted by Gasteiger charge is 2.49. The third-order valence-electron chi connectivity index (χ3n) is 5.97. The van der Waals surface area contributed by atoms with Crippen molar-refractivity contribution < 1.29 is 4.79 Å². The summed E-state index contributed by atoms with van der Waals surface area (Å²) in [7, 11) is 4.20. The fraction of sp³-hybridized carbons (Fsp3) is 0.381. The van der Waals surface area contributed by atoms with Crippen molar-refractivity contribution in [1.29, 1.82) is 0 Å². The second-order valence-electron chi connectivity index (χ2n) is 7.44. The van der Waals surface area contributed by atoms with E-state index >= 15 is 0 Å². The molecule has 1 amide bonds. The SMILES string of the molecule is CN1CCC2(CC1)C(=O)Nc1ccc(Cl)cc1C(c1ccccc1)N2C. The zero-order chi connectivity index (χ0) is 18.3. The molecular formula is C21H24ClN3O. The molecule has 26 heavy (non-hydrogen) atoms. The number of nitrogens with one attached hydrogen (secondary N) is 1. The number of hydrogen-bond acceptors (Lipinski definition) is 3. The number of carbonyl (C=O) groups is 1. The van der Waals surface area contributed by atoms with Crippen LogP contribution in [-0.4, -0.2) is 48.4 Å². The van der Waals surface area contributed by atoms with E-state index in [4.69, 9.17) is 11.6 Å². The van der Waals surface area contributed by atoms with Gasteiger partial charge >= 0.3 is 0 Å². The van der Waals surface area contributed by atoms with Crippen LogP contribution in [0.15, 0.2) is 48.5 Å². The Kier molecular flexibility index (Phi) is 4.51. The lowest BCUT2D eigenvalue weighted by atomic mass is 9.83. The topological polar surface area (TPSA) is 35.6 Å². The van der Waals surface area contributed by atoms with Crippen molar-refractivity contribution in [2.45, 2.75) is 24.4 Å². The van der Waals surface area contributed by atoms with Crippen molar-refractivity contribution in [1.82, 2.24) is 9.80 Å². The molecule has 5 heteroatoms. The molecule has 0 bridgehead atoms. The van der Waals surface area contributed by atoms with E-state index in [0.717, 1.165) is 37.2 Å². The smallest absolute Gasteiger partial charge is 0.245 e. The highest BCUT2D eigenvalue weighted by atomic mass is 35.5. The van der Waals surface area contributed by atoms with Gasteiger partial charge in [0.15, 0.2) is 0 Å². The first-order valence-electron chi connectivity index (χ1n) is 9.08. The summed E-state index contributed by atoms with van der Waals surface area (Å²) in [5, 5.41) is 3.88. The quantitative estimate of drug-likeness (QED) is 0.831. The summed E-state index contributed by atoms with van der Waals surface area (Å²) in [6.45, 7) is 1.83. The van der Waals surface area contributed by atoms with Gasteiger partial charge in [0.25, 0.3) is 0 Å². The molecule has 1 fully saturated rings. The van der Waals surface area contributed by atoms with Crippen LogP contribution in [0.4, 0.5) is 5.69 Å². The van der Waals surface area contributed by atoms with Crippen LogP contribution in [-0.2, 0) is 4.79 Å². The van der Waals surface area contributed by atoms with E-state index in [0.29, 0.717) is 5.02 Å². The van der Waals surface area contributed by atoms with Gasteiger partial charge < -0.3 is 10.2 Å². The molecule has 1 spiro atoms. The summed E-state index contributed by atoms with van der Waals surface area (Å²) in [4.78, 5) is 17.9. The maximum atomic E-state index is 13.3. The van der Waals surface area contributed by atoms with Gasteiger partial charge in [0.1, 0.15) is 5.54 Å². The number of piperidine rings is 1. The molecular weight excluding hydrogens is 346 g/mol. The van der Waals surface area contributed by atoms with Gasteiger partial charge in [-0.25, -0.2) is 0 Å². The predicted molar refractivity (Wildman–Crippen MR) is 106 cm³/mol. The Bertz CT molecular complexity index is 815. The third-order valence-corrected chi connectivity index (χ3v) is 6.21. The summed E-state index contributed by atoms with van der Waals surface area (Å²) in [5.74, 6) is 0.0927. The molecule has 4 nitrogen and oxygen atoms in total. The molecule has 2 aromatic carbocycles. The number of likely N-dealkylation sites (N-methyl/N-ethyl adjacent to an activating group) is 1. The van der Waals surface area contributed by atoms with Gasteiger partial charge in [-0.2, -0.15) is 0 Å². The van der Waals surface area contributed by atoms with Crippen LogP contribution >= 0.6 is 11.6 Å². The number of likely N-dealkylation sites (tertiary alicyclic amines) is 1. The maximum absolute atomic E-state index is 13.3. The number of benzene rings is 2. The Hall–Kier alpha value is -1.88. The lowest BCUT2D eigenvalue weighted by molar-refractivity contribution is -0.131. The molecule has 1 N–H and O–H groups in total. The minimum Gasteiger partial charge on any atom is -0.324 e. The molecule has 2 heterocycles. The van der Waals surface area contributed by atoms with Crippen LogP contribution in [0.2, 0.25) is 5.02 Å². The first kappa shape index (κ1) is 17.5. The zero-order valence-electron chi connectivity index (χ0n) is 15.2. The van der Waals surface area contributed by atoms with Gasteiger partial charge in [-0.15, -0.1) is 0 Å². The number of halogens is 1. The average Bonchev–Trinajstić information content (AvgIpc) is 2.73. The van der Waals surface area contributed by atoms with Gasteiger partial charge in [-0.1, -0.05) is 41.9 Å². The number of amides is 1. The minimum absolute atomic E-state index is 0.0211. The predicted octanol–water partition coefficient (Wildman–Crippen LogP) is 3.78. The largest absolute Gasteiger partial charge is 0.324 e. The van der Waals surface area contributed by atoms with Crippen LogP contribution < -0.4 is 5.32 Å². The monoisotopic (exact) mass is 369 g/mol. The molecule has 1 unspecified atom stereocenters. The minimum atomic E-state index is -0.515. The van der Waals surface area contributed by atoms with Crippen LogP contribution in [0.1, 0.15) is 30.0 Å². The lowest BCUT2D eigenvalue weighted by Crippen LogP contribution is -2.60. The number of nitrogens with zero attached hydrogens (tertiary/aromatic N) is 2. The molecule has 0 aliphatic carbocycles. The number of fused-ring (bicyclic) bond motifs is 1. The van der Waals surface area contributed by atoms with Crippen LogP contribution in [0.3, 0.4) is 0 Å². The second kappa shape index (κ2) is 6.69. The first-order valence-corrected chi connectivity index (χ1v) is 9.46. The van der Waals surface area contributed by atoms with Gasteiger partial charge in [0.05, 0.1) is 6.04 Å². The molecule has 1 saturated heterocycles. The van der Waals surface area contributed by atoms with Crippen LogP contribution in [0.25, 0.3) is 0 Å². The van der Waals surface area contributed by atoms with Crippen LogP contribution in [0, 0.1) is 0 Å².